The maximum Gasteiger partial charge on any atom is 0.106 e. The number of pyridine rings is 1. The van der Waals surface area contributed by atoms with Crippen LogP contribution in [0.25, 0.3) is 0 Å². The number of nitrogens with one attached hydrogen (secondary N) is 1. The molecular weight excluding hydrogens is 290 g/mol. The lowest BCUT2D eigenvalue weighted by Crippen LogP contribution is -2.13. The summed E-state index contributed by atoms with van der Waals surface area (Å²) in [5.41, 5.74) is 2.84. The van der Waals surface area contributed by atoms with Crippen molar-refractivity contribution < 1.29 is 0 Å². The van der Waals surface area contributed by atoms with E-state index < -0.39 is 0 Å². The fraction of sp³-hybridized carbons (Fsp3) is 0.143. The average Bonchev–Trinajstić information content (AvgIpc) is 2.40. The summed E-state index contributed by atoms with van der Waals surface area (Å²) in [5, 5.41) is 12.0. The van der Waals surface area contributed by atoms with Gasteiger partial charge >= 0.3 is 0 Å². The Morgan fingerprint density at radius 2 is 1.89 bits per heavy atom. The van der Waals surface area contributed by atoms with Crippen LogP contribution in [-0.2, 0) is 13.1 Å². The summed E-state index contributed by atoms with van der Waals surface area (Å²) in [6, 6.07) is 15.5. The molecule has 0 atom stereocenters. The van der Waals surface area contributed by atoms with Crippen molar-refractivity contribution in [2.24, 2.45) is 0 Å². The zero-order chi connectivity index (χ0) is 12.8. The number of benzene rings is 1. The molecule has 0 unspecified atom stereocenters. The first-order valence-corrected chi connectivity index (χ1v) is 6.38. The van der Waals surface area contributed by atoms with Crippen molar-refractivity contribution in [1.82, 2.24) is 10.3 Å². The van der Waals surface area contributed by atoms with Crippen molar-refractivity contribution >= 4 is 15.9 Å². The van der Waals surface area contributed by atoms with Gasteiger partial charge in [0.05, 0.1) is 17.3 Å². The fourth-order valence-corrected chi connectivity index (χ4v) is 1.96. The maximum absolute atomic E-state index is 8.70. The molecule has 0 saturated carbocycles. The minimum absolute atomic E-state index is 0.687. The Morgan fingerprint density at radius 3 is 2.56 bits per heavy atom. The Bertz CT molecular complexity index is 558. The predicted octanol–water partition coefficient (Wildman–Crippen LogP) is 3.01. The normalized spacial score (nSPS) is 10.0. The SMILES string of the molecule is N#Cc1ccc(CNCc2cccc(Br)n2)cc1. The van der Waals surface area contributed by atoms with Crippen molar-refractivity contribution in [1.29, 1.82) is 5.26 Å². The van der Waals surface area contributed by atoms with Crippen LogP contribution >= 0.6 is 15.9 Å². The number of hydrogen-bond acceptors (Lipinski definition) is 3. The van der Waals surface area contributed by atoms with Crippen LogP contribution in [0.5, 0.6) is 0 Å². The third-order valence-electron chi connectivity index (χ3n) is 2.49. The van der Waals surface area contributed by atoms with Gasteiger partial charge in [0.2, 0.25) is 0 Å². The van der Waals surface area contributed by atoms with Crippen molar-refractivity contribution in [2.75, 3.05) is 0 Å². The molecule has 3 nitrogen and oxygen atoms in total. The second kappa shape index (κ2) is 6.29. The lowest BCUT2D eigenvalue weighted by Gasteiger charge is -2.05. The number of aromatic nitrogens is 1. The van der Waals surface area contributed by atoms with Crippen molar-refractivity contribution in [3.05, 3.63) is 63.9 Å². The van der Waals surface area contributed by atoms with Crippen molar-refractivity contribution in [3.8, 4) is 6.07 Å². The second-order valence-corrected chi connectivity index (χ2v) is 4.68. The van der Waals surface area contributed by atoms with Crippen LogP contribution in [0, 0.1) is 11.3 Å². The van der Waals surface area contributed by atoms with Gasteiger partial charge in [0.1, 0.15) is 4.60 Å². The van der Waals surface area contributed by atoms with Crippen LogP contribution in [0.2, 0.25) is 0 Å². The summed E-state index contributed by atoms with van der Waals surface area (Å²) in [6.07, 6.45) is 0. The van der Waals surface area contributed by atoms with Gasteiger partial charge in [-0.3, -0.25) is 0 Å². The Kier molecular flexibility index (Phi) is 4.46. The number of nitriles is 1. The molecule has 0 saturated heterocycles. The third-order valence-corrected chi connectivity index (χ3v) is 2.93. The minimum Gasteiger partial charge on any atom is -0.307 e. The van der Waals surface area contributed by atoms with Gasteiger partial charge in [0.25, 0.3) is 0 Å². The minimum atomic E-state index is 0.687. The molecule has 2 rings (SSSR count). The molecule has 1 aromatic carbocycles. The van der Waals surface area contributed by atoms with E-state index in [-0.39, 0.29) is 0 Å². The predicted molar refractivity (Wildman–Crippen MR) is 73.6 cm³/mol. The number of nitrogens with zero attached hydrogens (tertiary/aromatic N) is 2. The van der Waals surface area contributed by atoms with Gasteiger partial charge in [0, 0.05) is 13.1 Å². The number of hydrogen-bond donors (Lipinski definition) is 1. The summed E-state index contributed by atoms with van der Waals surface area (Å²) >= 11 is 3.35. The van der Waals surface area contributed by atoms with Crippen molar-refractivity contribution in [2.45, 2.75) is 13.1 Å². The highest BCUT2D eigenvalue weighted by atomic mass is 79.9. The van der Waals surface area contributed by atoms with Crippen LogP contribution in [0.3, 0.4) is 0 Å². The standard InChI is InChI=1S/C14H12BrN3/c15-14-3-1-2-13(18-14)10-17-9-12-6-4-11(8-16)5-7-12/h1-7,17H,9-10H2. The molecule has 18 heavy (non-hydrogen) atoms. The van der Waals surface area contributed by atoms with Gasteiger partial charge in [0.15, 0.2) is 0 Å². The van der Waals surface area contributed by atoms with Gasteiger partial charge in [-0.05, 0) is 45.8 Å². The van der Waals surface area contributed by atoms with Gasteiger partial charge in [-0.15, -0.1) is 0 Å². The van der Waals surface area contributed by atoms with Crippen LogP contribution < -0.4 is 5.32 Å². The molecule has 0 bridgehead atoms. The molecule has 1 N–H and O–H groups in total. The quantitative estimate of drug-likeness (QED) is 0.883. The Balaban J connectivity index is 1.86. The average molecular weight is 302 g/mol. The summed E-state index contributed by atoms with van der Waals surface area (Å²) in [4.78, 5) is 4.34. The number of halogens is 1. The first-order valence-electron chi connectivity index (χ1n) is 5.59. The molecule has 1 heterocycles. The smallest absolute Gasteiger partial charge is 0.106 e. The van der Waals surface area contributed by atoms with Gasteiger partial charge < -0.3 is 5.32 Å². The monoisotopic (exact) mass is 301 g/mol. The van der Waals surface area contributed by atoms with E-state index in [1.165, 1.54) is 0 Å². The molecule has 0 fully saturated rings. The lowest BCUT2D eigenvalue weighted by atomic mass is 10.1. The van der Waals surface area contributed by atoms with Gasteiger partial charge in [-0.2, -0.15) is 5.26 Å². The highest BCUT2D eigenvalue weighted by Crippen LogP contribution is 2.07. The summed E-state index contributed by atoms with van der Waals surface area (Å²) < 4.78 is 0.847. The highest BCUT2D eigenvalue weighted by molar-refractivity contribution is 9.10. The lowest BCUT2D eigenvalue weighted by molar-refractivity contribution is 0.678. The third kappa shape index (κ3) is 3.66. The van der Waals surface area contributed by atoms with Crippen LogP contribution in [0.15, 0.2) is 47.1 Å². The zero-order valence-electron chi connectivity index (χ0n) is 9.73. The first-order chi connectivity index (χ1) is 8.78. The molecule has 0 amide bonds. The maximum atomic E-state index is 8.70. The van der Waals surface area contributed by atoms with E-state index in [2.05, 4.69) is 32.3 Å². The van der Waals surface area contributed by atoms with Crippen LogP contribution in [0.1, 0.15) is 16.8 Å². The van der Waals surface area contributed by atoms with E-state index in [1.54, 1.807) is 0 Å². The molecule has 90 valence electrons. The summed E-state index contributed by atoms with van der Waals surface area (Å²) in [6.45, 7) is 1.49. The van der Waals surface area contributed by atoms with Crippen LogP contribution in [0.4, 0.5) is 0 Å². The van der Waals surface area contributed by atoms with E-state index in [1.807, 2.05) is 42.5 Å². The molecule has 0 spiro atoms. The van der Waals surface area contributed by atoms with E-state index in [0.717, 1.165) is 29.0 Å². The molecule has 0 radical (unpaired) electrons. The van der Waals surface area contributed by atoms with E-state index >= 15 is 0 Å². The molecule has 2 aromatic rings. The summed E-state index contributed by atoms with van der Waals surface area (Å²) in [5.74, 6) is 0. The fourth-order valence-electron chi connectivity index (χ4n) is 1.58. The molecule has 0 aliphatic carbocycles. The molecular formula is C14H12BrN3. The number of rotatable bonds is 4. The van der Waals surface area contributed by atoms with Gasteiger partial charge in [-0.1, -0.05) is 18.2 Å². The molecule has 4 heteroatoms. The highest BCUT2D eigenvalue weighted by Gasteiger charge is 1.97. The largest absolute Gasteiger partial charge is 0.307 e. The Hall–Kier alpha value is -1.70. The second-order valence-electron chi connectivity index (χ2n) is 3.86. The molecule has 0 aliphatic heterocycles. The van der Waals surface area contributed by atoms with Crippen molar-refractivity contribution in [3.63, 3.8) is 0 Å². The first kappa shape index (κ1) is 12.7. The summed E-state index contributed by atoms with van der Waals surface area (Å²) in [7, 11) is 0. The van der Waals surface area contributed by atoms with Gasteiger partial charge in [-0.25, -0.2) is 4.98 Å². The van der Waals surface area contributed by atoms with E-state index in [4.69, 9.17) is 5.26 Å². The van der Waals surface area contributed by atoms with E-state index in [9.17, 15) is 0 Å². The Labute approximate surface area is 115 Å². The zero-order valence-corrected chi connectivity index (χ0v) is 11.3. The molecule has 1 aromatic heterocycles. The topological polar surface area (TPSA) is 48.7 Å². The molecule has 0 aliphatic rings. The Morgan fingerprint density at radius 1 is 1.11 bits per heavy atom. The van der Waals surface area contributed by atoms with Crippen LogP contribution in [-0.4, -0.2) is 4.98 Å². The van der Waals surface area contributed by atoms with E-state index in [0.29, 0.717) is 5.56 Å².